The van der Waals surface area contributed by atoms with E-state index in [2.05, 4.69) is 6.08 Å². The Labute approximate surface area is 167 Å². The lowest BCUT2D eigenvalue weighted by Crippen LogP contribution is -2.35. The van der Waals surface area contributed by atoms with E-state index >= 15 is 0 Å². The van der Waals surface area contributed by atoms with E-state index in [-0.39, 0.29) is 23.6 Å². The number of hydrogen-bond acceptors (Lipinski definition) is 6. The lowest BCUT2D eigenvalue weighted by atomic mass is 9.79. The van der Waals surface area contributed by atoms with E-state index in [9.17, 15) is 19.3 Å². The molecule has 1 aromatic carbocycles. The van der Waals surface area contributed by atoms with E-state index in [0.717, 1.165) is 29.9 Å². The fraction of sp³-hybridized carbons (Fsp3) is 0.500. The molecule has 1 aromatic rings. The Bertz CT molecular complexity index is 891. The lowest BCUT2D eigenvalue weighted by Gasteiger charge is -2.38. The van der Waals surface area contributed by atoms with Gasteiger partial charge >= 0.3 is 5.97 Å². The second-order valence-corrected chi connectivity index (χ2v) is 9.32. The first-order valence-corrected chi connectivity index (χ1v) is 9.94. The summed E-state index contributed by atoms with van der Waals surface area (Å²) in [6, 6.07) is 3.52. The molecule has 1 heterocycles. The first kappa shape index (κ1) is 20.5. The van der Waals surface area contributed by atoms with Crippen LogP contribution in [0.4, 0.5) is 10.1 Å². The predicted octanol–water partition coefficient (Wildman–Crippen LogP) is 5.12. The quantitative estimate of drug-likeness (QED) is 0.394. The molecule has 3 rings (SSSR count). The molecule has 2 aliphatic rings. The molecule has 0 saturated carbocycles. The van der Waals surface area contributed by atoms with Gasteiger partial charge in [-0.3, -0.25) is 19.9 Å². The summed E-state index contributed by atoms with van der Waals surface area (Å²) in [6.45, 7) is 7.16. The van der Waals surface area contributed by atoms with Gasteiger partial charge in [-0.05, 0) is 51.5 Å². The van der Waals surface area contributed by atoms with Gasteiger partial charge in [-0.25, -0.2) is 4.39 Å². The smallest absolute Gasteiger partial charge is 0.312 e. The Kier molecular flexibility index (Phi) is 5.36. The van der Waals surface area contributed by atoms with Crippen molar-refractivity contribution < 1.29 is 18.8 Å². The van der Waals surface area contributed by atoms with E-state index in [4.69, 9.17) is 9.73 Å². The Hall–Kier alpha value is -2.22. The zero-order valence-electron chi connectivity index (χ0n) is 16.3. The number of hydrogen-bond donors (Lipinski definition) is 0. The van der Waals surface area contributed by atoms with Crippen molar-refractivity contribution in [1.29, 1.82) is 0 Å². The van der Waals surface area contributed by atoms with Crippen LogP contribution in [-0.4, -0.2) is 21.5 Å². The maximum Gasteiger partial charge on any atom is 0.312 e. The molecule has 0 radical (unpaired) electrons. The number of carbonyl (C=O) groups is 1. The molecular weight excluding hydrogens is 383 g/mol. The lowest BCUT2D eigenvalue weighted by molar-refractivity contribution is -0.385. The number of benzene rings is 1. The highest BCUT2D eigenvalue weighted by molar-refractivity contribution is 8.17. The first-order chi connectivity index (χ1) is 13.0. The van der Waals surface area contributed by atoms with Crippen molar-refractivity contribution in [3.05, 3.63) is 50.7 Å². The van der Waals surface area contributed by atoms with Crippen LogP contribution in [0.2, 0.25) is 0 Å². The van der Waals surface area contributed by atoms with Crippen LogP contribution < -0.4 is 0 Å². The Balaban J connectivity index is 2.02. The van der Waals surface area contributed by atoms with Crippen molar-refractivity contribution in [2.75, 3.05) is 0 Å². The van der Waals surface area contributed by atoms with Gasteiger partial charge in [0.05, 0.1) is 21.9 Å². The Morgan fingerprint density at radius 2 is 2.18 bits per heavy atom. The first-order valence-electron chi connectivity index (χ1n) is 9.12. The second kappa shape index (κ2) is 7.31. The number of allylic oxidation sites excluding steroid dienone is 1. The number of fused-ring (bicyclic) bond motifs is 1. The van der Waals surface area contributed by atoms with Crippen molar-refractivity contribution in [2.45, 2.75) is 58.1 Å². The van der Waals surface area contributed by atoms with Crippen molar-refractivity contribution in [2.24, 2.45) is 10.9 Å². The zero-order valence-corrected chi connectivity index (χ0v) is 17.1. The standard InChI is InChI=1S/C20H23FN2O4S/c1-19(2,3)27-18(24)11-17-22-20(4,13-6-5-7-16(13)28-17)14-10-12(23(25)26)8-9-15(14)21/h7-10,13H,5-6,11H2,1-4H3. The number of ether oxygens (including phenoxy) is 1. The monoisotopic (exact) mass is 406 g/mol. The molecule has 0 aromatic heterocycles. The fourth-order valence-electron chi connectivity index (χ4n) is 3.68. The molecular formula is C20H23FN2O4S. The molecule has 2 atom stereocenters. The number of nitro benzene ring substituents is 1. The number of thioether (sulfide) groups is 1. The molecule has 1 aliphatic heterocycles. The minimum absolute atomic E-state index is 0.0157. The van der Waals surface area contributed by atoms with E-state index < -0.39 is 27.8 Å². The van der Waals surface area contributed by atoms with Crippen LogP contribution in [0, 0.1) is 21.8 Å². The molecule has 2 unspecified atom stereocenters. The van der Waals surface area contributed by atoms with Crippen molar-refractivity contribution in [1.82, 2.24) is 0 Å². The van der Waals surface area contributed by atoms with Crippen LogP contribution >= 0.6 is 11.8 Å². The third kappa shape index (κ3) is 4.11. The molecule has 0 N–H and O–H groups in total. The Morgan fingerprint density at radius 1 is 1.46 bits per heavy atom. The summed E-state index contributed by atoms with van der Waals surface area (Å²) in [7, 11) is 0. The molecule has 0 amide bonds. The van der Waals surface area contributed by atoms with E-state index in [1.165, 1.54) is 17.8 Å². The molecule has 8 heteroatoms. The van der Waals surface area contributed by atoms with Gasteiger partial charge in [0.25, 0.3) is 5.69 Å². The van der Waals surface area contributed by atoms with E-state index in [0.29, 0.717) is 5.04 Å². The van der Waals surface area contributed by atoms with Gasteiger partial charge in [0, 0.05) is 23.6 Å². The van der Waals surface area contributed by atoms with Gasteiger partial charge in [0.15, 0.2) is 0 Å². The van der Waals surface area contributed by atoms with Crippen LogP contribution in [0.5, 0.6) is 0 Å². The number of esters is 1. The maximum atomic E-state index is 14.7. The van der Waals surface area contributed by atoms with Gasteiger partial charge in [-0.15, -0.1) is 0 Å². The van der Waals surface area contributed by atoms with E-state index in [1.54, 1.807) is 27.7 Å². The molecule has 0 spiro atoms. The van der Waals surface area contributed by atoms with Gasteiger partial charge < -0.3 is 4.74 Å². The van der Waals surface area contributed by atoms with Gasteiger partial charge in [-0.1, -0.05) is 17.8 Å². The average molecular weight is 406 g/mol. The van der Waals surface area contributed by atoms with Crippen LogP contribution in [0.25, 0.3) is 0 Å². The van der Waals surface area contributed by atoms with E-state index in [1.807, 2.05) is 0 Å². The highest BCUT2D eigenvalue weighted by atomic mass is 32.2. The fourth-order valence-corrected chi connectivity index (χ4v) is 5.07. The van der Waals surface area contributed by atoms with Crippen LogP contribution in [0.3, 0.4) is 0 Å². The summed E-state index contributed by atoms with van der Waals surface area (Å²) in [5.41, 5.74) is -1.62. The highest BCUT2D eigenvalue weighted by Gasteiger charge is 2.45. The number of non-ortho nitro benzene ring substituents is 1. The average Bonchev–Trinajstić information content (AvgIpc) is 3.02. The summed E-state index contributed by atoms with van der Waals surface area (Å²) in [5.74, 6) is -1.01. The van der Waals surface area contributed by atoms with Crippen LogP contribution in [0.15, 0.2) is 34.2 Å². The normalized spacial score (nSPS) is 24.2. The highest BCUT2D eigenvalue weighted by Crippen LogP contribution is 2.53. The Morgan fingerprint density at radius 3 is 2.82 bits per heavy atom. The topological polar surface area (TPSA) is 81.8 Å². The second-order valence-electron chi connectivity index (χ2n) is 8.18. The van der Waals surface area contributed by atoms with Crippen LogP contribution in [0.1, 0.15) is 52.5 Å². The van der Waals surface area contributed by atoms with Gasteiger partial charge in [0.1, 0.15) is 11.4 Å². The molecule has 0 bridgehead atoms. The predicted molar refractivity (Wildman–Crippen MR) is 107 cm³/mol. The molecule has 6 nitrogen and oxygen atoms in total. The van der Waals surface area contributed by atoms with Crippen LogP contribution in [-0.2, 0) is 15.1 Å². The number of aliphatic imine (C=N–C) groups is 1. The maximum absolute atomic E-state index is 14.7. The summed E-state index contributed by atoms with van der Waals surface area (Å²) in [5, 5.41) is 11.7. The number of nitrogens with zero attached hydrogens (tertiary/aromatic N) is 2. The molecule has 28 heavy (non-hydrogen) atoms. The molecule has 1 aliphatic carbocycles. The molecule has 0 saturated heterocycles. The molecule has 0 fully saturated rings. The zero-order chi connectivity index (χ0) is 20.7. The minimum Gasteiger partial charge on any atom is -0.460 e. The number of halogens is 1. The van der Waals surface area contributed by atoms with Gasteiger partial charge in [0.2, 0.25) is 0 Å². The third-order valence-corrected chi connectivity index (χ3v) is 6.00. The van der Waals surface area contributed by atoms with Crippen molar-refractivity contribution >= 4 is 28.5 Å². The molecule has 150 valence electrons. The third-order valence-electron chi connectivity index (χ3n) is 4.84. The van der Waals surface area contributed by atoms with Gasteiger partial charge in [-0.2, -0.15) is 0 Å². The minimum atomic E-state index is -1.01. The summed E-state index contributed by atoms with van der Waals surface area (Å²) in [4.78, 5) is 28.7. The number of carbonyl (C=O) groups excluding carboxylic acids is 1. The summed E-state index contributed by atoms with van der Waals surface area (Å²) < 4.78 is 20.1. The largest absolute Gasteiger partial charge is 0.460 e. The summed E-state index contributed by atoms with van der Waals surface area (Å²) >= 11 is 1.42. The van der Waals surface area contributed by atoms with Crippen molar-refractivity contribution in [3.8, 4) is 0 Å². The number of nitro groups is 1. The summed E-state index contributed by atoms with van der Waals surface area (Å²) in [6.07, 6.45) is 3.67. The van der Waals surface area contributed by atoms with Crippen molar-refractivity contribution in [3.63, 3.8) is 0 Å². The SMILES string of the molecule is CC(C)(C)OC(=O)CC1=NC(C)(c2cc([N+](=O)[O-])ccc2F)C2CCC=C2S1. The number of rotatable bonds is 4.